The summed E-state index contributed by atoms with van der Waals surface area (Å²) in [5.74, 6) is -1.33. The molecule has 3 N–H and O–H groups in total. The highest BCUT2D eigenvalue weighted by Crippen LogP contribution is 2.24. The molecule has 0 aliphatic carbocycles. The number of Topliss-reactive ketones (excluding diaryl/α,β-unsaturated/α-hetero) is 1. The van der Waals surface area contributed by atoms with Crippen molar-refractivity contribution in [1.29, 1.82) is 0 Å². The lowest BCUT2D eigenvalue weighted by atomic mass is 10.3. The second kappa shape index (κ2) is 6.08. The van der Waals surface area contributed by atoms with E-state index in [4.69, 9.17) is 5.14 Å². The number of nitrogens with two attached hydrogens (primary N) is 1. The van der Waals surface area contributed by atoms with E-state index in [1.807, 2.05) is 0 Å². The predicted molar refractivity (Wildman–Crippen MR) is 69.9 cm³/mol. The maximum absolute atomic E-state index is 11.4. The molecule has 10 heteroatoms. The summed E-state index contributed by atoms with van der Waals surface area (Å²) in [5, 5.41) is 7.78. The molecule has 1 rings (SSSR count). The van der Waals surface area contributed by atoms with Crippen molar-refractivity contribution in [3.63, 3.8) is 0 Å². The van der Waals surface area contributed by atoms with Crippen LogP contribution in [0, 0.1) is 0 Å². The normalized spacial score (nSPS) is 11.1. The van der Waals surface area contributed by atoms with Gasteiger partial charge >= 0.3 is 5.97 Å². The number of sulfonamides is 1. The summed E-state index contributed by atoms with van der Waals surface area (Å²) >= 11 is 0.954. The lowest BCUT2D eigenvalue weighted by Gasteiger charge is -1.99. The van der Waals surface area contributed by atoms with Gasteiger partial charge in [-0.05, 0) is 0 Å². The van der Waals surface area contributed by atoms with E-state index >= 15 is 0 Å². The Morgan fingerprint density at radius 3 is 2.58 bits per heavy atom. The first-order valence-electron chi connectivity index (χ1n) is 5.09. The predicted octanol–water partition coefficient (Wildman–Crippen LogP) is -0.167. The number of hydrogen-bond donors (Lipinski definition) is 2. The van der Waals surface area contributed by atoms with Crippen molar-refractivity contribution in [2.45, 2.75) is 6.92 Å². The van der Waals surface area contributed by atoms with Crippen LogP contribution < -0.4 is 10.5 Å². The van der Waals surface area contributed by atoms with Gasteiger partial charge in [-0.15, -0.1) is 0 Å². The van der Waals surface area contributed by atoms with E-state index in [0.29, 0.717) is 0 Å². The van der Waals surface area contributed by atoms with Crippen molar-refractivity contribution >= 4 is 38.2 Å². The molecule has 0 saturated carbocycles. The van der Waals surface area contributed by atoms with E-state index in [1.54, 1.807) is 0 Å². The molecule has 0 unspecified atom stereocenters. The third-order valence-corrected chi connectivity index (χ3v) is 3.88. The number of rotatable bonds is 6. The Morgan fingerprint density at radius 2 is 2.11 bits per heavy atom. The van der Waals surface area contributed by atoms with Crippen LogP contribution in [0.4, 0.5) is 5.13 Å². The van der Waals surface area contributed by atoms with Crippen molar-refractivity contribution in [1.82, 2.24) is 4.98 Å². The van der Waals surface area contributed by atoms with Gasteiger partial charge in [0.25, 0.3) is 0 Å². The molecule has 0 amide bonds. The van der Waals surface area contributed by atoms with Gasteiger partial charge in [-0.2, -0.15) is 0 Å². The van der Waals surface area contributed by atoms with Gasteiger partial charge in [0, 0.05) is 13.5 Å². The van der Waals surface area contributed by atoms with Crippen LogP contribution in [0.15, 0.2) is 0 Å². The average molecular weight is 307 g/mol. The van der Waals surface area contributed by atoms with Crippen molar-refractivity contribution in [3.8, 4) is 0 Å². The van der Waals surface area contributed by atoms with E-state index in [0.717, 1.165) is 11.3 Å². The molecule has 19 heavy (non-hydrogen) atoms. The third-order valence-electron chi connectivity index (χ3n) is 1.99. The van der Waals surface area contributed by atoms with Crippen LogP contribution in [-0.4, -0.2) is 44.6 Å². The molecule has 0 saturated heterocycles. The topological polar surface area (TPSA) is 128 Å². The molecule has 0 bridgehead atoms. The fourth-order valence-corrected chi connectivity index (χ4v) is 2.43. The minimum Gasteiger partial charge on any atom is -0.464 e. The number of esters is 1. The molecule has 0 fully saturated rings. The standard InChI is InChI=1S/C9H13N3O5S2/c1-5(13)7-6(8(14)17-2)12-9(18-7)11-3-4-19(10,15)16/h3-4H2,1-2H3,(H,11,12)(H2,10,15,16). The van der Waals surface area contributed by atoms with E-state index in [-0.39, 0.29) is 33.8 Å². The number of aromatic nitrogens is 1. The zero-order valence-electron chi connectivity index (χ0n) is 10.3. The number of anilines is 1. The van der Waals surface area contributed by atoms with Crippen LogP contribution in [-0.2, 0) is 14.8 Å². The summed E-state index contributed by atoms with van der Waals surface area (Å²) in [7, 11) is -2.40. The maximum atomic E-state index is 11.4. The molecule has 106 valence electrons. The van der Waals surface area contributed by atoms with Crippen LogP contribution in [0.5, 0.6) is 0 Å². The molecule has 1 aromatic heterocycles. The van der Waals surface area contributed by atoms with Gasteiger partial charge < -0.3 is 10.1 Å². The Bertz CT molecular complexity index is 593. The number of nitrogens with one attached hydrogen (secondary N) is 1. The second-order valence-corrected chi connectivity index (χ2v) is 6.27. The largest absolute Gasteiger partial charge is 0.464 e. The van der Waals surface area contributed by atoms with Gasteiger partial charge in [0.1, 0.15) is 4.88 Å². The highest BCUT2D eigenvalue weighted by atomic mass is 32.2. The Kier molecular flexibility index (Phi) is 4.97. The van der Waals surface area contributed by atoms with Crippen LogP contribution in [0.3, 0.4) is 0 Å². The van der Waals surface area contributed by atoms with Crippen molar-refractivity contribution < 1.29 is 22.7 Å². The molecule has 1 heterocycles. The molecule has 0 spiro atoms. The van der Waals surface area contributed by atoms with Crippen LogP contribution in [0.1, 0.15) is 27.1 Å². The van der Waals surface area contributed by atoms with E-state index in [1.165, 1.54) is 14.0 Å². The summed E-state index contributed by atoms with van der Waals surface area (Å²) in [6, 6.07) is 0. The van der Waals surface area contributed by atoms with Gasteiger partial charge in [-0.3, -0.25) is 4.79 Å². The SMILES string of the molecule is COC(=O)c1nc(NCCS(N)(=O)=O)sc1C(C)=O. The zero-order valence-corrected chi connectivity index (χ0v) is 11.9. The van der Waals surface area contributed by atoms with Crippen LogP contribution in [0.2, 0.25) is 0 Å². The molecule has 8 nitrogen and oxygen atoms in total. The fraction of sp³-hybridized carbons (Fsp3) is 0.444. The zero-order chi connectivity index (χ0) is 14.6. The maximum Gasteiger partial charge on any atom is 0.358 e. The Hall–Kier alpha value is -1.52. The summed E-state index contributed by atoms with van der Waals surface area (Å²) in [6.45, 7) is 1.33. The summed E-state index contributed by atoms with van der Waals surface area (Å²) < 4.78 is 26.0. The highest BCUT2D eigenvalue weighted by molar-refractivity contribution is 7.89. The van der Waals surface area contributed by atoms with E-state index in [9.17, 15) is 18.0 Å². The first-order chi connectivity index (χ1) is 8.74. The molecule has 1 aromatic rings. The van der Waals surface area contributed by atoms with Crippen molar-refractivity contribution in [2.75, 3.05) is 24.7 Å². The van der Waals surface area contributed by atoms with Crippen molar-refractivity contribution in [2.24, 2.45) is 5.14 Å². The Balaban J connectivity index is 2.86. The first kappa shape index (κ1) is 15.5. The van der Waals surface area contributed by atoms with E-state index in [2.05, 4.69) is 15.0 Å². The quantitative estimate of drug-likeness (QED) is 0.551. The molecule has 0 aliphatic heterocycles. The number of thiazole rings is 1. The smallest absolute Gasteiger partial charge is 0.358 e. The number of carbonyl (C=O) groups excluding carboxylic acids is 2. The summed E-state index contributed by atoms with van der Waals surface area (Å²) in [5.41, 5.74) is -0.0851. The molecule has 0 atom stereocenters. The van der Waals surface area contributed by atoms with Gasteiger partial charge in [-0.25, -0.2) is 23.3 Å². The second-order valence-electron chi connectivity index (χ2n) is 3.54. The van der Waals surface area contributed by atoms with E-state index < -0.39 is 16.0 Å². The highest BCUT2D eigenvalue weighted by Gasteiger charge is 2.21. The van der Waals surface area contributed by atoms with Gasteiger partial charge in [0.2, 0.25) is 10.0 Å². The van der Waals surface area contributed by atoms with Gasteiger partial charge in [-0.1, -0.05) is 11.3 Å². The number of hydrogen-bond acceptors (Lipinski definition) is 8. The lowest BCUT2D eigenvalue weighted by Crippen LogP contribution is -2.22. The van der Waals surface area contributed by atoms with Crippen molar-refractivity contribution in [3.05, 3.63) is 10.6 Å². The number of methoxy groups -OCH3 is 1. The molecule has 0 radical (unpaired) electrons. The van der Waals surface area contributed by atoms with Crippen LogP contribution in [0.25, 0.3) is 0 Å². The monoisotopic (exact) mass is 307 g/mol. The Labute approximate surface area is 114 Å². The number of ketones is 1. The number of carbonyl (C=O) groups is 2. The summed E-state index contributed by atoms with van der Waals surface area (Å²) in [4.78, 5) is 26.8. The molecular formula is C9H13N3O5S2. The lowest BCUT2D eigenvalue weighted by molar-refractivity contribution is 0.0591. The molecule has 0 aromatic carbocycles. The Morgan fingerprint density at radius 1 is 1.47 bits per heavy atom. The minimum absolute atomic E-state index is 0.0320. The average Bonchev–Trinajstić information content (AvgIpc) is 2.70. The number of ether oxygens (including phenoxy) is 1. The molecular weight excluding hydrogens is 294 g/mol. The minimum atomic E-state index is -3.58. The number of primary sulfonamides is 1. The number of nitrogens with zero attached hydrogens (tertiary/aromatic N) is 1. The summed E-state index contributed by atoms with van der Waals surface area (Å²) in [6.07, 6.45) is 0. The fourth-order valence-electron chi connectivity index (χ4n) is 1.17. The van der Waals surface area contributed by atoms with Gasteiger partial charge in [0.05, 0.1) is 12.9 Å². The third kappa shape index (κ3) is 4.58. The first-order valence-corrected chi connectivity index (χ1v) is 7.62. The van der Waals surface area contributed by atoms with Crippen LogP contribution >= 0.6 is 11.3 Å². The molecule has 0 aliphatic rings. The van der Waals surface area contributed by atoms with Gasteiger partial charge in [0.15, 0.2) is 16.6 Å².